The summed E-state index contributed by atoms with van der Waals surface area (Å²) in [4.78, 5) is 17.2. The molecule has 4 nitrogen and oxygen atoms in total. The zero-order chi connectivity index (χ0) is 15.9. The molecule has 0 saturated carbocycles. The van der Waals surface area contributed by atoms with E-state index in [2.05, 4.69) is 37.5 Å². The average Bonchev–Trinajstić information content (AvgIpc) is 2.74. The van der Waals surface area contributed by atoms with E-state index in [-0.39, 0.29) is 11.5 Å². The van der Waals surface area contributed by atoms with E-state index in [0.29, 0.717) is 12.5 Å². The molecule has 0 radical (unpaired) electrons. The van der Waals surface area contributed by atoms with Gasteiger partial charge in [-0.15, -0.1) is 0 Å². The molecule has 2 N–H and O–H groups in total. The van der Waals surface area contributed by atoms with Gasteiger partial charge in [-0.05, 0) is 44.7 Å². The lowest BCUT2D eigenvalue weighted by molar-refractivity contribution is -0.136. The molecule has 0 spiro atoms. The SMILES string of the molecule is CCCN(CC(C)(C)CN)C(C)C(=O)N1CCCCCC1. The molecule has 1 aliphatic rings. The normalized spacial score (nSPS) is 18.7. The smallest absolute Gasteiger partial charge is 0.239 e. The van der Waals surface area contributed by atoms with Gasteiger partial charge in [-0.1, -0.05) is 33.6 Å². The molecular formula is C17H35N3O. The summed E-state index contributed by atoms with van der Waals surface area (Å²) in [6.07, 6.45) is 5.90. The minimum absolute atomic E-state index is 0.0334. The Hall–Kier alpha value is -0.610. The van der Waals surface area contributed by atoms with Crippen LogP contribution in [0.2, 0.25) is 0 Å². The summed E-state index contributed by atoms with van der Waals surface area (Å²) >= 11 is 0. The zero-order valence-corrected chi connectivity index (χ0v) is 14.5. The molecule has 0 bridgehead atoms. The Bertz CT molecular complexity index is 309. The Morgan fingerprint density at radius 3 is 2.29 bits per heavy atom. The third kappa shape index (κ3) is 5.95. The summed E-state index contributed by atoms with van der Waals surface area (Å²) in [5, 5.41) is 0. The van der Waals surface area contributed by atoms with Gasteiger partial charge < -0.3 is 10.6 Å². The fraction of sp³-hybridized carbons (Fsp3) is 0.941. The second-order valence-corrected chi connectivity index (χ2v) is 7.25. The van der Waals surface area contributed by atoms with Crippen LogP contribution < -0.4 is 5.73 Å². The molecule has 0 aromatic rings. The van der Waals surface area contributed by atoms with Crippen molar-refractivity contribution in [1.82, 2.24) is 9.80 Å². The van der Waals surface area contributed by atoms with E-state index in [9.17, 15) is 4.79 Å². The average molecular weight is 297 g/mol. The molecule has 1 atom stereocenters. The molecule has 0 aromatic carbocycles. The summed E-state index contributed by atoms with van der Waals surface area (Å²) < 4.78 is 0. The maximum absolute atomic E-state index is 12.8. The minimum Gasteiger partial charge on any atom is -0.341 e. The quantitative estimate of drug-likeness (QED) is 0.785. The van der Waals surface area contributed by atoms with Gasteiger partial charge in [0.15, 0.2) is 0 Å². The van der Waals surface area contributed by atoms with E-state index in [1.165, 1.54) is 12.8 Å². The fourth-order valence-electron chi connectivity index (χ4n) is 3.02. The van der Waals surface area contributed by atoms with Crippen molar-refractivity contribution in [3.05, 3.63) is 0 Å². The first-order valence-corrected chi connectivity index (χ1v) is 8.64. The highest BCUT2D eigenvalue weighted by molar-refractivity contribution is 5.81. The molecular weight excluding hydrogens is 262 g/mol. The van der Waals surface area contributed by atoms with Gasteiger partial charge in [-0.2, -0.15) is 0 Å². The summed E-state index contributed by atoms with van der Waals surface area (Å²) in [6.45, 7) is 13.0. The van der Waals surface area contributed by atoms with Crippen molar-refractivity contribution in [3.8, 4) is 0 Å². The van der Waals surface area contributed by atoms with Gasteiger partial charge in [0.2, 0.25) is 5.91 Å². The highest BCUT2D eigenvalue weighted by atomic mass is 16.2. The number of likely N-dealkylation sites (tertiary alicyclic amines) is 1. The molecule has 4 heteroatoms. The molecule has 1 fully saturated rings. The van der Waals surface area contributed by atoms with E-state index in [1.54, 1.807) is 0 Å². The molecule has 1 unspecified atom stereocenters. The van der Waals surface area contributed by atoms with Crippen LogP contribution in [0.4, 0.5) is 0 Å². The number of amides is 1. The van der Waals surface area contributed by atoms with Crippen LogP contribution in [0.5, 0.6) is 0 Å². The van der Waals surface area contributed by atoms with Gasteiger partial charge in [0.1, 0.15) is 0 Å². The molecule has 1 aliphatic heterocycles. The molecule has 1 amide bonds. The first-order valence-electron chi connectivity index (χ1n) is 8.64. The van der Waals surface area contributed by atoms with Crippen molar-refractivity contribution in [2.24, 2.45) is 11.1 Å². The molecule has 124 valence electrons. The molecule has 1 saturated heterocycles. The largest absolute Gasteiger partial charge is 0.341 e. The standard InChI is InChI=1S/C17H35N3O/c1-5-10-20(14-17(3,4)13-18)15(2)16(21)19-11-8-6-7-9-12-19/h15H,5-14,18H2,1-4H3. The topological polar surface area (TPSA) is 49.6 Å². The van der Waals surface area contributed by atoms with E-state index >= 15 is 0 Å². The molecule has 0 aliphatic carbocycles. The van der Waals surface area contributed by atoms with Gasteiger partial charge in [0.05, 0.1) is 6.04 Å². The van der Waals surface area contributed by atoms with Crippen LogP contribution in [0.15, 0.2) is 0 Å². The van der Waals surface area contributed by atoms with Gasteiger partial charge in [0.25, 0.3) is 0 Å². The van der Waals surface area contributed by atoms with E-state index in [0.717, 1.165) is 45.4 Å². The van der Waals surface area contributed by atoms with Crippen molar-refractivity contribution in [3.63, 3.8) is 0 Å². The van der Waals surface area contributed by atoms with Gasteiger partial charge >= 0.3 is 0 Å². The van der Waals surface area contributed by atoms with Crippen LogP contribution in [0.3, 0.4) is 0 Å². The summed E-state index contributed by atoms with van der Waals surface area (Å²) in [6, 6.07) is -0.0334. The lowest BCUT2D eigenvalue weighted by Crippen LogP contribution is -2.51. The lowest BCUT2D eigenvalue weighted by Gasteiger charge is -2.37. The van der Waals surface area contributed by atoms with Gasteiger partial charge in [-0.3, -0.25) is 9.69 Å². The lowest BCUT2D eigenvalue weighted by atomic mass is 9.92. The number of carbonyl (C=O) groups is 1. The maximum Gasteiger partial charge on any atom is 0.239 e. The molecule has 0 aromatic heterocycles. The van der Waals surface area contributed by atoms with Crippen molar-refractivity contribution >= 4 is 5.91 Å². The van der Waals surface area contributed by atoms with Crippen LogP contribution in [0, 0.1) is 5.41 Å². The highest BCUT2D eigenvalue weighted by Crippen LogP contribution is 2.19. The summed E-state index contributed by atoms with van der Waals surface area (Å²) in [7, 11) is 0. The Morgan fingerprint density at radius 2 is 1.81 bits per heavy atom. The van der Waals surface area contributed by atoms with Crippen LogP contribution in [-0.2, 0) is 4.79 Å². The fourth-order valence-corrected chi connectivity index (χ4v) is 3.02. The maximum atomic E-state index is 12.8. The number of nitrogens with zero attached hydrogens (tertiary/aromatic N) is 2. The third-order valence-electron chi connectivity index (χ3n) is 4.52. The van der Waals surface area contributed by atoms with Crippen molar-refractivity contribution in [1.29, 1.82) is 0 Å². The van der Waals surface area contributed by atoms with E-state index in [1.807, 2.05) is 0 Å². The summed E-state index contributed by atoms with van der Waals surface area (Å²) in [5.41, 5.74) is 5.93. The number of hydrogen-bond donors (Lipinski definition) is 1. The van der Waals surface area contributed by atoms with Crippen LogP contribution in [-0.4, -0.2) is 54.5 Å². The number of nitrogens with two attached hydrogens (primary N) is 1. The Morgan fingerprint density at radius 1 is 1.24 bits per heavy atom. The Labute approximate surface area is 131 Å². The minimum atomic E-state index is -0.0334. The summed E-state index contributed by atoms with van der Waals surface area (Å²) in [5.74, 6) is 0.304. The molecule has 21 heavy (non-hydrogen) atoms. The van der Waals surface area contributed by atoms with Crippen LogP contribution >= 0.6 is 0 Å². The predicted octanol–water partition coefficient (Wildman–Crippen LogP) is 2.47. The van der Waals surface area contributed by atoms with Gasteiger partial charge in [0, 0.05) is 19.6 Å². The van der Waals surface area contributed by atoms with E-state index in [4.69, 9.17) is 5.73 Å². The van der Waals surface area contributed by atoms with Crippen molar-refractivity contribution in [2.75, 3.05) is 32.7 Å². The van der Waals surface area contributed by atoms with E-state index < -0.39 is 0 Å². The van der Waals surface area contributed by atoms with Crippen LogP contribution in [0.25, 0.3) is 0 Å². The second-order valence-electron chi connectivity index (χ2n) is 7.25. The Kier molecular flexibility index (Phi) is 7.67. The number of hydrogen-bond acceptors (Lipinski definition) is 3. The third-order valence-corrected chi connectivity index (χ3v) is 4.52. The van der Waals surface area contributed by atoms with Gasteiger partial charge in [-0.25, -0.2) is 0 Å². The number of carbonyl (C=O) groups excluding carboxylic acids is 1. The zero-order valence-electron chi connectivity index (χ0n) is 14.5. The Balaban J connectivity index is 2.69. The predicted molar refractivity (Wildman–Crippen MR) is 89.2 cm³/mol. The molecule has 1 heterocycles. The molecule has 1 rings (SSSR count). The second kappa shape index (κ2) is 8.74. The monoisotopic (exact) mass is 297 g/mol. The number of rotatable bonds is 7. The van der Waals surface area contributed by atoms with Crippen LogP contribution in [0.1, 0.15) is 59.8 Å². The highest BCUT2D eigenvalue weighted by Gasteiger charge is 2.29. The van der Waals surface area contributed by atoms with Crippen molar-refractivity contribution in [2.45, 2.75) is 65.8 Å². The van der Waals surface area contributed by atoms with Crippen molar-refractivity contribution < 1.29 is 4.79 Å². The first kappa shape index (κ1) is 18.4. The first-order chi connectivity index (χ1) is 9.91.